The number of ether oxygens (including phenoxy) is 1. The van der Waals surface area contributed by atoms with Crippen LogP contribution in [-0.4, -0.2) is 37.9 Å². The lowest BCUT2D eigenvalue weighted by Gasteiger charge is -2.48. The van der Waals surface area contributed by atoms with E-state index in [1.54, 1.807) is 0 Å². The van der Waals surface area contributed by atoms with Crippen molar-refractivity contribution in [2.75, 3.05) is 12.4 Å². The van der Waals surface area contributed by atoms with Crippen molar-refractivity contribution in [1.29, 1.82) is 0 Å². The summed E-state index contributed by atoms with van der Waals surface area (Å²) in [6, 6.07) is 0. The Kier molecular flexibility index (Phi) is 17.5. The molecule has 0 radical (unpaired) electrons. The van der Waals surface area contributed by atoms with Gasteiger partial charge in [0.15, 0.2) is 5.12 Å². The van der Waals surface area contributed by atoms with E-state index in [1.807, 2.05) is 6.92 Å². The summed E-state index contributed by atoms with van der Waals surface area (Å²) in [7, 11) is -2.27. The molecule has 0 N–H and O–H groups in total. The highest BCUT2D eigenvalue weighted by Crippen LogP contribution is 2.48. The molecule has 6 heteroatoms. The second-order valence-electron chi connectivity index (χ2n) is 12.8. The van der Waals surface area contributed by atoms with E-state index < -0.39 is 20.2 Å². The fourth-order valence-electron chi connectivity index (χ4n) is 6.76. The number of carbonyl (C=O) groups is 2. The van der Waals surface area contributed by atoms with Gasteiger partial charge in [0, 0.05) is 5.75 Å². The minimum absolute atomic E-state index is 0.111. The first kappa shape index (κ1) is 36.4. The van der Waals surface area contributed by atoms with Gasteiger partial charge >= 0.3 is 5.97 Å². The number of allylic oxidation sites excluding steroid dienone is 1. The molecule has 0 fully saturated rings. The zero-order valence-electron chi connectivity index (χ0n) is 27.2. The minimum Gasteiger partial charge on any atom is -0.466 e. The Balaban J connectivity index is 2.98. The summed E-state index contributed by atoms with van der Waals surface area (Å²) in [4.78, 5) is 27.1. The highest BCUT2D eigenvalue weighted by atomic mass is 32.2. The Bertz CT molecular complexity index is 739. The van der Waals surface area contributed by atoms with E-state index in [-0.39, 0.29) is 17.2 Å². The van der Waals surface area contributed by atoms with Crippen LogP contribution in [0.1, 0.15) is 140 Å². The molecule has 0 aliphatic heterocycles. The van der Waals surface area contributed by atoms with Crippen molar-refractivity contribution in [1.82, 2.24) is 0 Å². The molecule has 1 aliphatic carbocycles. The number of rotatable bonds is 19. The predicted molar refractivity (Wildman–Crippen MR) is 172 cm³/mol. The molecule has 3 atom stereocenters. The number of hydrogen-bond donors (Lipinski definition) is 0. The van der Waals surface area contributed by atoms with Gasteiger partial charge in [0.25, 0.3) is 0 Å². The molecule has 0 unspecified atom stereocenters. The van der Waals surface area contributed by atoms with Crippen molar-refractivity contribution in [2.24, 2.45) is 11.8 Å². The van der Waals surface area contributed by atoms with Crippen LogP contribution < -0.4 is 0 Å². The second kappa shape index (κ2) is 18.8. The van der Waals surface area contributed by atoms with Gasteiger partial charge in [-0.3, -0.25) is 9.59 Å². The minimum atomic E-state index is -2.27. The van der Waals surface area contributed by atoms with Crippen LogP contribution >= 0.6 is 11.8 Å². The molecule has 0 amide bonds. The molecule has 4 nitrogen and oxygen atoms in total. The summed E-state index contributed by atoms with van der Waals surface area (Å²) < 4.78 is 12.8. The third kappa shape index (κ3) is 10.6. The SMILES string of the molecule is CCCCCCCCCCCCSC(=O)[C@@H]1[C@@H](C(=O)OCC)CC(C)=C(C)[C@@H]1O[Si](C(C)C)(C(C)C)C(C)C. The predicted octanol–water partition coefficient (Wildman–Crippen LogP) is 10.3. The van der Waals surface area contributed by atoms with Crippen molar-refractivity contribution in [3.05, 3.63) is 11.1 Å². The van der Waals surface area contributed by atoms with Crippen molar-refractivity contribution < 1.29 is 18.8 Å². The molecule has 0 aromatic carbocycles. The average molecular weight is 583 g/mol. The van der Waals surface area contributed by atoms with Gasteiger partial charge in [-0.15, -0.1) is 0 Å². The van der Waals surface area contributed by atoms with E-state index in [2.05, 4.69) is 62.3 Å². The Morgan fingerprint density at radius 1 is 0.821 bits per heavy atom. The maximum Gasteiger partial charge on any atom is 0.310 e. The summed E-state index contributed by atoms with van der Waals surface area (Å²) in [5.74, 6) is -0.382. The first-order valence-electron chi connectivity index (χ1n) is 16.1. The Labute approximate surface area is 247 Å². The van der Waals surface area contributed by atoms with Gasteiger partial charge in [-0.1, -0.05) is 124 Å². The maximum atomic E-state index is 13.9. The molecular weight excluding hydrogens is 521 g/mol. The molecule has 0 spiro atoms. The van der Waals surface area contributed by atoms with Gasteiger partial charge in [0.2, 0.25) is 8.32 Å². The van der Waals surface area contributed by atoms with E-state index in [0.29, 0.717) is 29.7 Å². The molecule has 0 aromatic rings. The standard InChI is InChI=1S/C33H62O4SSi/c1-11-13-14-15-16-17-18-19-20-21-22-38-33(35)30-29(32(34)36-12-2)23-27(9)28(10)31(30)37-39(24(3)4,25(5)6)26(7)8/h24-26,29-31H,11-23H2,1-10H3/t29-,30+,31-/m0/s1. The smallest absolute Gasteiger partial charge is 0.310 e. The van der Waals surface area contributed by atoms with E-state index in [4.69, 9.17) is 9.16 Å². The lowest BCUT2D eigenvalue weighted by Crippen LogP contribution is -2.55. The van der Waals surface area contributed by atoms with Gasteiger partial charge in [-0.05, 0) is 55.8 Å². The summed E-state index contributed by atoms with van der Waals surface area (Å²) in [5, 5.41) is 0.111. The Hall–Kier alpha value is -0.593. The molecule has 39 heavy (non-hydrogen) atoms. The topological polar surface area (TPSA) is 52.6 Å². The van der Waals surface area contributed by atoms with Gasteiger partial charge in [-0.2, -0.15) is 0 Å². The number of hydrogen-bond acceptors (Lipinski definition) is 5. The highest BCUT2D eigenvalue weighted by molar-refractivity contribution is 8.13. The van der Waals surface area contributed by atoms with Crippen LogP contribution in [0.15, 0.2) is 11.1 Å². The van der Waals surface area contributed by atoms with Gasteiger partial charge in [-0.25, -0.2) is 0 Å². The van der Waals surface area contributed by atoms with Gasteiger partial charge < -0.3 is 9.16 Å². The lowest BCUT2D eigenvalue weighted by molar-refractivity contribution is -0.153. The molecular formula is C33H62O4SSi. The summed E-state index contributed by atoms with van der Waals surface area (Å²) in [5.41, 5.74) is 3.53. The van der Waals surface area contributed by atoms with E-state index >= 15 is 0 Å². The number of thioether (sulfide) groups is 1. The molecule has 0 aromatic heterocycles. The van der Waals surface area contributed by atoms with E-state index in [9.17, 15) is 9.59 Å². The van der Waals surface area contributed by atoms with Crippen LogP contribution in [0.5, 0.6) is 0 Å². The van der Waals surface area contributed by atoms with Crippen LogP contribution in [0, 0.1) is 11.8 Å². The van der Waals surface area contributed by atoms with Crippen molar-refractivity contribution in [3.8, 4) is 0 Å². The highest BCUT2D eigenvalue weighted by Gasteiger charge is 2.52. The second-order valence-corrected chi connectivity index (χ2v) is 19.3. The molecule has 0 saturated heterocycles. The van der Waals surface area contributed by atoms with E-state index in [0.717, 1.165) is 17.7 Å². The fraction of sp³-hybridized carbons (Fsp3) is 0.879. The van der Waals surface area contributed by atoms with Crippen molar-refractivity contribution >= 4 is 31.2 Å². The van der Waals surface area contributed by atoms with Crippen LogP contribution in [0.25, 0.3) is 0 Å². The normalized spacial score (nSPS) is 20.4. The molecule has 0 bridgehead atoms. The molecule has 0 saturated carbocycles. The number of carbonyl (C=O) groups excluding carboxylic acids is 2. The summed E-state index contributed by atoms with van der Waals surface area (Å²) >= 11 is 1.42. The van der Waals surface area contributed by atoms with Gasteiger partial charge in [0.05, 0.1) is 24.5 Å². The molecule has 1 aliphatic rings. The van der Waals surface area contributed by atoms with Crippen molar-refractivity contribution in [3.63, 3.8) is 0 Å². The molecule has 228 valence electrons. The monoisotopic (exact) mass is 582 g/mol. The number of unbranched alkanes of at least 4 members (excludes halogenated alkanes) is 9. The zero-order chi connectivity index (χ0) is 29.6. The largest absolute Gasteiger partial charge is 0.466 e. The zero-order valence-corrected chi connectivity index (χ0v) is 29.0. The first-order valence-corrected chi connectivity index (χ1v) is 19.2. The Morgan fingerprint density at radius 3 is 1.77 bits per heavy atom. The first-order chi connectivity index (χ1) is 18.4. The Morgan fingerprint density at radius 2 is 1.31 bits per heavy atom. The van der Waals surface area contributed by atoms with Crippen LogP contribution in [-0.2, 0) is 18.8 Å². The average Bonchev–Trinajstić information content (AvgIpc) is 2.87. The van der Waals surface area contributed by atoms with Crippen LogP contribution in [0.4, 0.5) is 0 Å². The van der Waals surface area contributed by atoms with Crippen LogP contribution in [0.3, 0.4) is 0 Å². The van der Waals surface area contributed by atoms with Crippen molar-refractivity contribution in [2.45, 2.75) is 163 Å². The van der Waals surface area contributed by atoms with Gasteiger partial charge in [0.1, 0.15) is 0 Å². The van der Waals surface area contributed by atoms with Crippen LogP contribution in [0.2, 0.25) is 16.6 Å². The fourth-order valence-corrected chi connectivity index (χ4v) is 13.4. The summed E-state index contributed by atoms with van der Waals surface area (Å²) in [6.07, 6.45) is 13.1. The molecule has 0 heterocycles. The number of esters is 1. The molecule has 1 rings (SSSR count). The maximum absolute atomic E-state index is 13.9. The summed E-state index contributed by atoms with van der Waals surface area (Å²) in [6.45, 7) is 22.3. The van der Waals surface area contributed by atoms with E-state index in [1.165, 1.54) is 75.1 Å². The quantitative estimate of drug-likeness (QED) is 0.0656. The third-order valence-electron chi connectivity index (χ3n) is 9.03. The third-order valence-corrected chi connectivity index (χ3v) is 16.2. The lowest BCUT2D eigenvalue weighted by atomic mass is 9.75.